The van der Waals surface area contributed by atoms with Crippen LogP contribution in [0, 0.1) is 10.1 Å². The van der Waals surface area contributed by atoms with E-state index >= 15 is 0 Å². The Morgan fingerprint density at radius 1 is 1.05 bits per heavy atom. The summed E-state index contributed by atoms with van der Waals surface area (Å²) in [5.41, 5.74) is -0.147. The number of nitrogens with zero attached hydrogens (tertiary/aromatic N) is 1. The number of hydrogen-bond acceptors (Lipinski definition) is 5. The Bertz CT molecular complexity index is 645. The molecule has 0 N–H and O–H groups in total. The lowest BCUT2D eigenvalue weighted by Crippen LogP contribution is -2.10. The molecule has 0 bridgehead atoms. The first-order chi connectivity index (χ1) is 10.6. The number of hydrogen-bond donors (Lipinski definition) is 0. The van der Waals surface area contributed by atoms with Crippen LogP contribution in [0.15, 0.2) is 42.5 Å². The Balaban J connectivity index is 1.91. The molecule has 0 aliphatic heterocycles. The fourth-order valence-corrected chi connectivity index (χ4v) is 1.86. The fourth-order valence-electron chi connectivity index (χ4n) is 1.73. The van der Waals surface area contributed by atoms with E-state index in [1.54, 1.807) is 30.3 Å². The van der Waals surface area contributed by atoms with E-state index in [2.05, 4.69) is 0 Å². The van der Waals surface area contributed by atoms with Gasteiger partial charge in [-0.25, -0.2) is 0 Å². The molecule has 2 rings (SSSR count). The number of nitro groups is 1. The standard InChI is InChI=1S/C15H14ClNO5/c1-20-13-6-7-15(14(10-13)17(18)19)22-9-8-21-12-4-2-11(16)3-5-12/h2-7,10H,8-9H2,1H3. The molecule has 0 aliphatic carbocycles. The van der Waals surface area contributed by atoms with Gasteiger partial charge in [-0.2, -0.15) is 0 Å². The van der Waals surface area contributed by atoms with Crippen LogP contribution in [0.5, 0.6) is 17.2 Å². The molecule has 22 heavy (non-hydrogen) atoms. The molecule has 0 saturated heterocycles. The molecule has 2 aromatic rings. The number of nitro benzene ring substituents is 1. The zero-order chi connectivity index (χ0) is 15.9. The Labute approximate surface area is 132 Å². The van der Waals surface area contributed by atoms with Crippen molar-refractivity contribution in [2.24, 2.45) is 0 Å². The van der Waals surface area contributed by atoms with Crippen molar-refractivity contribution in [3.05, 3.63) is 57.6 Å². The normalized spacial score (nSPS) is 10.1. The summed E-state index contributed by atoms with van der Waals surface area (Å²) in [6.07, 6.45) is 0. The maximum absolute atomic E-state index is 11.0. The predicted octanol–water partition coefficient (Wildman–Crippen LogP) is 3.71. The molecular weight excluding hydrogens is 310 g/mol. The van der Waals surface area contributed by atoms with Gasteiger partial charge in [0.15, 0.2) is 5.75 Å². The van der Waals surface area contributed by atoms with Gasteiger partial charge in [0.1, 0.15) is 24.7 Å². The second-order valence-corrected chi connectivity index (χ2v) is 4.68. The first-order valence-electron chi connectivity index (χ1n) is 6.44. The highest BCUT2D eigenvalue weighted by molar-refractivity contribution is 6.30. The van der Waals surface area contributed by atoms with Gasteiger partial charge in [0.2, 0.25) is 0 Å². The number of benzene rings is 2. The SMILES string of the molecule is COc1ccc(OCCOc2ccc(Cl)cc2)c([N+](=O)[O-])c1. The summed E-state index contributed by atoms with van der Waals surface area (Å²) in [6, 6.07) is 11.3. The fraction of sp³-hybridized carbons (Fsp3) is 0.200. The van der Waals surface area contributed by atoms with Crippen LogP contribution in [0.4, 0.5) is 5.69 Å². The van der Waals surface area contributed by atoms with Gasteiger partial charge in [0, 0.05) is 5.02 Å². The quantitative estimate of drug-likeness (QED) is 0.441. The molecule has 0 fully saturated rings. The largest absolute Gasteiger partial charge is 0.496 e. The summed E-state index contributed by atoms with van der Waals surface area (Å²) in [4.78, 5) is 10.5. The molecule has 0 aliphatic rings. The Hall–Kier alpha value is -2.47. The first-order valence-corrected chi connectivity index (χ1v) is 6.81. The minimum Gasteiger partial charge on any atom is -0.496 e. The minimum absolute atomic E-state index is 0.147. The van der Waals surface area contributed by atoms with Crippen molar-refractivity contribution in [2.75, 3.05) is 20.3 Å². The Kier molecular flexibility index (Phi) is 5.43. The van der Waals surface area contributed by atoms with Gasteiger partial charge in [-0.1, -0.05) is 11.6 Å². The van der Waals surface area contributed by atoms with Crippen molar-refractivity contribution < 1.29 is 19.1 Å². The average Bonchev–Trinajstić information content (AvgIpc) is 2.53. The van der Waals surface area contributed by atoms with Crippen molar-refractivity contribution >= 4 is 17.3 Å². The summed E-state index contributed by atoms with van der Waals surface area (Å²) in [6.45, 7) is 0.431. The van der Waals surface area contributed by atoms with Crippen LogP contribution in [-0.4, -0.2) is 25.2 Å². The van der Waals surface area contributed by atoms with Crippen LogP contribution in [0.3, 0.4) is 0 Å². The molecule has 0 heterocycles. The number of ether oxygens (including phenoxy) is 3. The third kappa shape index (κ3) is 4.26. The molecule has 0 aromatic heterocycles. The van der Waals surface area contributed by atoms with E-state index in [1.807, 2.05) is 0 Å². The van der Waals surface area contributed by atoms with Gasteiger partial charge in [0.25, 0.3) is 0 Å². The van der Waals surface area contributed by atoms with E-state index in [-0.39, 0.29) is 24.7 Å². The molecule has 0 spiro atoms. The van der Waals surface area contributed by atoms with Gasteiger partial charge in [0.05, 0.1) is 18.1 Å². The van der Waals surface area contributed by atoms with Gasteiger partial charge in [-0.3, -0.25) is 10.1 Å². The molecule has 7 heteroatoms. The van der Waals surface area contributed by atoms with E-state index in [0.717, 1.165) is 0 Å². The van der Waals surface area contributed by atoms with Crippen LogP contribution in [0.1, 0.15) is 0 Å². The number of halogens is 1. The molecule has 0 amide bonds. The van der Waals surface area contributed by atoms with E-state index in [9.17, 15) is 10.1 Å². The molecule has 116 valence electrons. The zero-order valence-electron chi connectivity index (χ0n) is 11.8. The van der Waals surface area contributed by atoms with Gasteiger partial charge in [-0.15, -0.1) is 0 Å². The topological polar surface area (TPSA) is 70.8 Å². The highest BCUT2D eigenvalue weighted by Crippen LogP contribution is 2.30. The molecular formula is C15H14ClNO5. The van der Waals surface area contributed by atoms with E-state index in [4.69, 9.17) is 25.8 Å². The highest BCUT2D eigenvalue weighted by atomic mass is 35.5. The number of methoxy groups -OCH3 is 1. The van der Waals surface area contributed by atoms with E-state index in [1.165, 1.54) is 19.2 Å². The summed E-state index contributed by atoms with van der Waals surface area (Å²) >= 11 is 5.77. The smallest absolute Gasteiger partial charge is 0.314 e. The lowest BCUT2D eigenvalue weighted by molar-refractivity contribution is -0.385. The van der Waals surface area contributed by atoms with Crippen molar-refractivity contribution in [1.82, 2.24) is 0 Å². The van der Waals surface area contributed by atoms with Crippen molar-refractivity contribution in [2.45, 2.75) is 0 Å². The molecule has 6 nitrogen and oxygen atoms in total. The maximum atomic E-state index is 11.0. The Morgan fingerprint density at radius 2 is 1.68 bits per heavy atom. The summed E-state index contributed by atoms with van der Waals surface area (Å²) in [5, 5.41) is 11.6. The van der Waals surface area contributed by atoms with E-state index < -0.39 is 4.92 Å². The van der Waals surface area contributed by atoms with Crippen LogP contribution in [0.25, 0.3) is 0 Å². The molecule has 0 atom stereocenters. The van der Waals surface area contributed by atoms with Gasteiger partial charge >= 0.3 is 5.69 Å². The minimum atomic E-state index is -0.516. The lowest BCUT2D eigenvalue weighted by atomic mass is 10.3. The second-order valence-electron chi connectivity index (χ2n) is 4.24. The van der Waals surface area contributed by atoms with Crippen molar-refractivity contribution in [3.63, 3.8) is 0 Å². The van der Waals surface area contributed by atoms with Crippen LogP contribution >= 0.6 is 11.6 Å². The van der Waals surface area contributed by atoms with Crippen LogP contribution in [-0.2, 0) is 0 Å². The molecule has 2 aromatic carbocycles. The van der Waals surface area contributed by atoms with E-state index in [0.29, 0.717) is 16.5 Å². The van der Waals surface area contributed by atoms with Crippen LogP contribution < -0.4 is 14.2 Å². The van der Waals surface area contributed by atoms with Crippen LogP contribution in [0.2, 0.25) is 5.02 Å². The maximum Gasteiger partial charge on any atom is 0.314 e. The highest BCUT2D eigenvalue weighted by Gasteiger charge is 2.16. The average molecular weight is 324 g/mol. The third-order valence-corrected chi connectivity index (χ3v) is 3.04. The predicted molar refractivity (Wildman–Crippen MR) is 82.1 cm³/mol. The molecule has 0 saturated carbocycles. The number of rotatable bonds is 7. The van der Waals surface area contributed by atoms with Gasteiger partial charge in [-0.05, 0) is 36.4 Å². The zero-order valence-corrected chi connectivity index (χ0v) is 12.6. The summed E-state index contributed by atoms with van der Waals surface area (Å²) < 4.78 is 15.8. The molecule has 0 radical (unpaired) electrons. The Morgan fingerprint density at radius 3 is 2.32 bits per heavy atom. The monoisotopic (exact) mass is 323 g/mol. The third-order valence-electron chi connectivity index (χ3n) is 2.79. The van der Waals surface area contributed by atoms with Crippen molar-refractivity contribution in [1.29, 1.82) is 0 Å². The van der Waals surface area contributed by atoms with Gasteiger partial charge < -0.3 is 14.2 Å². The second kappa shape index (κ2) is 7.51. The summed E-state index contributed by atoms with van der Waals surface area (Å²) in [7, 11) is 1.44. The lowest BCUT2D eigenvalue weighted by Gasteiger charge is -2.09. The van der Waals surface area contributed by atoms with Crippen molar-refractivity contribution in [3.8, 4) is 17.2 Å². The first kappa shape index (κ1) is 15.9. The molecule has 0 unspecified atom stereocenters. The summed E-state index contributed by atoms with van der Waals surface area (Å²) in [5.74, 6) is 1.22.